The zero-order chi connectivity index (χ0) is 14.0. The summed E-state index contributed by atoms with van der Waals surface area (Å²) in [5, 5.41) is 0. The summed E-state index contributed by atoms with van der Waals surface area (Å²) < 4.78 is 25.1. The van der Waals surface area contributed by atoms with Gasteiger partial charge in [0.25, 0.3) is 0 Å². The van der Waals surface area contributed by atoms with Crippen molar-refractivity contribution in [3.63, 3.8) is 0 Å². The third-order valence-electron chi connectivity index (χ3n) is 3.13. The van der Waals surface area contributed by atoms with Crippen LogP contribution in [0.4, 0.5) is 5.82 Å². The fourth-order valence-electron chi connectivity index (χ4n) is 2.32. The first-order chi connectivity index (χ1) is 8.87. The average molecular weight is 284 g/mol. The minimum atomic E-state index is -3.14. The average Bonchev–Trinajstić information content (AvgIpc) is 2.74. The normalized spacial score (nSPS) is 19.9. The Morgan fingerprint density at radius 1 is 1.47 bits per heavy atom. The van der Waals surface area contributed by atoms with Crippen LogP contribution in [0.15, 0.2) is 6.07 Å². The van der Waals surface area contributed by atoms with Gasteiger partial charge in [0.15, 0.2) is 0 Å². The first kappa shape index (κ1) is 14.2. The third kappa shape index (κ3) is 3.87. The van der Waals surface area contributed by atoms with Crippen molar-refractivity contribution in [2.24, 2.45) is 0 Å². The second kappa shape index (κ2) is 5.42. The summed E-state index contributed by atoms with van der Waals surface area (Å²) in [6.45, 7) is 5.41. The molecule has 6 nitrogen and oxygen atoms in total. The maximum atomic E-state index is 11.2. The Balaban J connectivity index is 2.10. The van der Waals surface area contributed by atoms with Gasteiger partial charge in [-0.25, -0.2) is 23.1 Å². The SMILES string of the molecule is CCc1cc(N2CCC(NS(C)(=O)=O)C2)nc(C)n1. The number of hydrogen-bond donors (Lipinski definition) is 1. The molecule has 1 aromatic heterocycles. The Bertz CT molecular complexity index is 559. The van der Waals surface area contributed by atoms with Crippen molar-refractivity contribution >= 4 is 15.8 Å². The molecule has 0 aliphatic carbocycles. The lowest BCUT2D eigenvalue weighted by Crippen LogP contribution is -2.36. The van der Waals surface area contributed by atoms with Crippen LogP contribution in [0.5, 0.6) is 0 Å². The van der Waals surface area contributed by atoms with Gasteiger partial charge in [0.05, 0.1) is 6.26 Å². The fraction of sp³-hybridized carbons (Fsp3) is 0.667. The largest absolute Gasteiger partial charge is 0.355 e. The van der Waals surface area contributed by atoms with E-state index < -0.39 is 10.0 Å². The van der Waals surface area contributed by atoms with E-state index in [1.165, 1.54) is 6.26 Å². The van der Waals surface area contributed by atoms with Gasteiger partial charge in [0.2, 0.25) is 10.0 Å². The second-order valence-electron chi connectivity index (χ2n) is 4.94. The number of hydrogen-bond acceptors (Lipinski definition) is 5. The van der Waals surface area contributed by atoms with Gasteiger partial charge in [0.1, 0.15) is 11.6 Å². The minimum Gasteiger partial charge on any atom is -0.355 e. The predicted octanol–water partition coefficient (Wildman–Crippen LogP) is 0.475. The Morgan fingerprint density at radius 3 is 2.84 bits per heavy atom. The van der Waals surface area contributed by atoms with Crippen LogP contribution in [0.2, 0.25) is 0 Å². The van der Waals surface area contributed by atoms with E-state index in [-0.39, 0.29) is 6.04 Å². The fourth-order valence-corrected chi connectivity index (χ4v) is 3.12. The molecule has 0 amide bonds. The van der Waals surface area contributed by atoms with Crippen LogP contribution in [0.3, 0.4) is 0 Å². The number of nitrogens with one attached hydrogen (secondary N) is 1. The zero-order valence-electron chi connectivity index (χ0n) is 11.5. The molecule has 0 aromatic carbocycles. The summed E-state index contributed by atoms with van der Waals surface area (Å²) in [4.78, 5) is 10.9. The molecular formula is C12H20N4O2S. The molecule has 2 rings (SSSR count). The van der Waals surface area contributed by atoms with Crippen molar-refractivity contribution in [2.45, 2.75) is 32.7 Å². The van der Waals surface area contributed by atoms with Gasteiger partial charge in [-0.3, -0.25) is 0 Å². The quantitative estimate of drug-likeness (QED) is 0.870. The lowest BCUT2D eigenvalue weighted by atomic mass is 10.3. The molecule has 0 spiro atoms. The van der Waals surface area contributed by atoms with Crippen molar-refractivity contribution in [3.8, 4) is 0 Å². The summed E-state index contributed by atoms with van der Waals surface area (Å²) in [6, 6.07) is 1.95. The highest BCUT2D eigenvalue weighted by atomic mass is 32.2. The summed E-state index contributed by atoms with van der Waals surface area (Å²) in [6.07, 6.45) is 2.87. The van der Waals surface area contributed by atoms with E-state index in [1.54, 1.807) is 0 Å². The van der Waals surface area contributed by atoms with Crippen molar-refractivity contribution in [1.29, 1.82) is 0 Å². The first-order valence-corrected chi connectivity index (χ1v) is 8.33. The lowest BCUT2D eigenvalue weighted by molar-refractivity contribution is 0.567. The molecular weight excluding hydrogens is 264 g/mol. The van der Waals surface area contributed by atoms with E-state index in [0.29, 0.717) is 6.54 Å². The van der Waals surface area contributed by atoms with Gasteiger partial charge < -0.3 is 4.90 Å². The van der Waals surface area contributed by atoms with Crippen molar-refractivity contribution < 1.29 is 8.42 Å². The molecule has 1 aliphatic heterocycles. The minimum absolute atomic E-state index is 0.0321. The summed E-state index contributed by atoms with van der Waals surface area (Å²) in [7, 11) is -3.14. The van der Waals surface area contributed by atoms with Crippen LogP contribution in [0, 0.1) is 6.92 Å². The summed E-state index contributed by atoms with van der Waals surface area (Å²) in [5.41, 5.74) is 1.02. The smallest absolute Gasteiger partial charge is 0.209 e. The molecule has 0 saturated carbocycles. The van der Waals surface area contributed by atoms with E-state index >= 15 is 0 Å². The van der Waals surface area contributed by atoms with Crippen LogP contribution in [-0.2, 0) is 16.4 Å². The van der Waals surface area contributed by atoms with Crippen molar-refractivity contribution in [1.82, 2.24) is 14.7 Å². The van der Waals surface area contributed by atoms with Crippen LogP contribution in [0.1, 0.15) is 24.9 Å². The highest BCUT2D eigenvalue weighted by Gasteiger charge is 2.26. The van der Waals surface area contributed by atoms with E-state index in [9.17, 15) is 8.42 Å². The third-order valence-corrected chi connectivity index (χ3v) is 3.89. The molecule has 0 radical (unpaired) electrons. The highest BCUT2D eigenvalue weighted by molar-refractivity contribution is 7.88. The van der Waals surface area contributed by atoms with Gasteiger partial charge in [0, 0.05) is 30.9 Å². The molecule has 1 atom stereocenters. The Hall–Kier alpha value is -1.21. The van der Waals surface area contributed by atoms with Gasteiger partial charge in [-0.1, -0.05) is 6.92 Å². The van der Waals surface area contributed by atoms with Crippen LogP contribution in [-0.4, -0.2) is 43.8 Å². The molecule has 1 N–H and O–H groups in total. The number of anilines is 1. The van der Waals surface area contributed by atoms with Crippen molar-refractivity contribution in [2.75, 3.05) is 24.2 Å². The Labute approximate surface area is 114 Å². The monoisotopic (exact) mass is 284 g/mol. The van der Waals surface area contributed by atoms with Crippen LogP contribution in [0.25, 0.3) is 0 Å². The lowest BCUT2D eigenvalue weighted by Gasteiger charge is -2.18. The molecule has 1 saturated heterocycles. The van der Waals surface area contributed by atoms with Gasteiger partial charge in [-0.2, -0.15) is 0 Å². The predicted molar refractivity (Wildman–Crippen MR) is 74.7 cm³/mol. The van der Waals surface area contributed by atoms with Gasteiger partial charge in [-0.15, -0.1) is 0 Å². The number of nitrogens with zero attached hydrogens (tertiary/aromatic N) is 3. The second-order valence-corrected chi connectivity index (χ2v) is 6.72. The van der Waals surface area contributed by atoms with Crippen LogP contribution >= 0.6 is 0 Å². The number of aryl methyl sites for hydroxylation is 2. The molecule has 2 heterocycles. The topological polar surface area (TPSA) is 75.2 Å². The van der Waals surface area contributed by atoms with Gasteiger partial charge in [-0.05, 0) is 19.8 Å². The van der Waals surface area contributed by atoms with E-state index in [0.717, 1.165) is 36.7 Å². The molecule has 1 aliphatic rings. The maximum absolute atomic E-state index is 11.2. The Kier molecular flexibility index (Phi) is 4.05. The summed E-state index contributed by atoms with van der Waals surface area (Å²) in [5.74, 6) is 1.65. The standard InChI is InChI=1S/C12H20N4O2S/c1-4-10-7-12(14-9(2)13-10)16-6-5-11(8-16)15-19(3,17)18/h7,11,15H,4-6,8H2,1-3H3. The van der Waals surface area contributed by atoms with E-state index in [1.807, 2.05) is 13.0 Å². The maximum Gasteiger partial charge on any atom is 0.209 e. The molecule has 19 heavy (non-hydrogen) atoms. The van der Waals surface area contributed by atoms with E-state index in [2.05, 4.69) is 26.5 Å². The molecule has 0 bridgehead atoms. The first-order valence-electron chi connectivity index (χ1n) is 6.44. The Morgan fingerprint density at radius 2 is 2.21 bits per heavy atom. The number of rotatable bonds is 4. The molecule has 1 fully saturated rings. The molecule has 1 unspecified atom stereocenters. The van der Waals surface area contributed by atoms with E-state index in [4.69, 9.17) is 0 Å². The van der Waals surface area contributed by atoms with Gasteiger partial charge >= 0.3 is 0 Å². The molecule has 7 heteroatoms. The number of aromatic nitrogens is 2. The molecule has 106 valence electrons. The zero-order valence-corrected chi connectivity index (χ0v) is 12.4. The number of sulfonamides is 1. The molecule has 1 aromatic rings. The van der Waals surface area contributed by atoms with Crippen molar-refractivity contribution in [3.05, 3.63) is 17.6 Å². The van der Waals surface area contributed by atoms with Crippen LogP contribution < -0.4 is 9.62 Å². The highest BCUT2D eigenvalue weighted by Crippen LogP contribution is 2.19. The summed E-state index contributed by atoms with van der Waals surface area (Å²) >= 11 is 0.